The summed E-state index contributed by atoms with van der Waals surface area (Å²) in [7, 11) is 0. The quantitative estimate of drug-likeness (QED) is 0.571. The smallest absolute Gasteiger partial charge is 0.175 e. The topological polar surface area (TPSA) is 18.5 Å². The first-order valence-electron chi connectivity index (χ1n) is 6.84. The lowest BCUT2D eigenvalue weighted by atomic mass is 10.1. The van der Waals surface area contributed by atoms with Gasteiger partial charge in [0.1, 0.15) is 6.61 Å². The minimum absolute atomic E-state index is 0.527. The first-order chi connectivity index (χ1) is 10.2. The fraction of sp³-hybridized carbons (Fsp3) is 0.294. The van der Waals surface area contributed by atoms with Crippen LogP contribution in [0.3, 0.4) is 0 Å². The van der Waals surface area contributed by atoms with E-state index in [-0.39, 0.29) is 0 Å². The molecular formula is C17H18Br2O2. The summed E-state index contributed by atoms with van der Waals surface area (Å²) in [6, 6.07) is 12.3. The molecule has 0 aliphatic carbocycles. The Labute approximate surface area is 142 Å². The lowest BCUT2D eigenvalue weighted by Crippen LogP contribution is -2.02. The zero-order valence-electron chi connectivity index (χ0n) is 12.2. The van der Waals surface area contributed by atoms with Crippen LogP contribution in [0.1, 0.15) is 23.6 Å². The highest BCUT2D eigenvalue weighted by Crippen LogP contribution is 2.38. The summed E-state index contributed by atoms with van der Waals surface area (Å²) in [6.45, 7) is 5.20. The van der Waals surface area contributed by atoms with Crippen LogP contribution in [0.5, 0.6) is 11.5 Å². The second-order valence-electron chi connectivity index (χ2n) is 4.69. The van der Waals surface area contributed by atoms with Gasteiger partial charge in [-0.1, -0.05) is 40.2 Å². The molecule has 2 aromatic rings. The van der Waals surface area contributed by atoms with E-state index >= 15 is 0 Å². The average Bonchev–Trinajstić information content (AvgIpc) is 2.48. The zero-order chi connectivity index (χ0) is 15.2. The van der Waals surface area contributed by atoms with E-state index in [1.54, 1.807) is 0 Å². The maximum atomic E-state index is 6.00. The summed E-state index contributed by atoms with van der Waals surface area (Å²) in [4.78, 5) is 0. The van der Waals surface area contributed by atoms with Crippen LogP contribution in [-0.2, 0) is 11.9 Å². The van der Waals surface area contributed by atoms with Crippen molar-refractivity contribution in [3.05, 3.63) is 57.6 Å². The summed E-state index contributed by atoms with van der Waals surface area (Å²) in [5.41, 5.74) is 3.55. The number of hydrogen-bond donors (Lipinski definition) is 0. The summed E-state index contributed by atoms with van der Waals surface area (Å²) < 4.78 is 12.6. The van der Waals surface area contributed by atoms with Gasteiger partial charge in [-0.25, -0.2) is 0 Å². The largest absolute Gasteiger partial charge is 0.490 e. The van der Waals surface area contributed by atoms with Gasteiger partial charge in [0.25, 0.3) is 0 Å². The van der Waals surface area contributed by atoms with Gasteiger partial charge in [0, 0.05) is 5.33 Å². The molecule has 2 rings (SSSR count). The summed E-state index contributed by atoms with van der Waals surface area (Å²) >= 11 is 7.04. The van der Waals surface area contributed by atoms with Crippen molar-refractivity contribution < 1.29 is 9.47 Å². The number of rotatable bonds is 6. The van der Waals surface area contributed by atoms with Crippen LogP contribution in [0.25, 0.3) is 0 Å². The van der Waals surface area contributed by atoms with Gasteiger partial charge >= 0.3 is 0 Å². The van der Waals surface area contributed by atoms with Crippen molar-refractivity contribution >= 4 is 31.9 Å². The Kier molecular flexibility index (Phi) is 6.12. The summed E-state index contributed by atoms with van der Waals surface area (Å²) in [5, 5.41) is 0.781. The van der Waals surface area contributed by atoms with Gasteiger partial charge in [0.15, 0.2) is 11.5 Å². The molecule has 0 atom stereocenters. The monoisotopic (exact) mass is 412 g/mol. The third kappa shape index (κ3) is 4.24. The molecule has 4 heteroatoms. The maximum absolute atomic E-state index is 6.00. The zero-order valence-corrected chi connectivity index (χ0v) is 15.3. The van der Waals surface area contributed by atoms with Crippen LogP contribution < -0.4 is 9.47 Å². The van der Waals surface area contributed by atoms with E-state index in [1.807, 2.05) is 31.2 Å². The van der Waals surface area contributed by atoms with Gasteiger partial charge in [-0.2, -0.15) is 0 Å². The molecule has 21 heavy (non-hydrogen) atoms. The van der Waals surface area contributed by atoms with Crippen molar-refractivity contribution in [3.63, 3.8) is 0 Å². The van der Waals surface area contributed by atoms with E-state index in [1.165, 1.54) is 11.1 Å². The van der Waals surface area contributed by atoms with Crippen molar-refractivity contribution in [1.82, 2.24) is 0 Å². The molecule has 0 N–H and O–H groups in total. The predicted molar refractivity (Wildman–Crippen MR) is 93.5 cm³/mol. The van der Waals surface area contributed by atoms with Crippen LogP contribution in [0.4, 0.5) is 0 Å². The van der Waals surface area contributed by atoms with Gasteiger partial charge < -0.3 is 9.47 Å². The van der Waals surface area contributed by atoms with E-state index in [0.29, 0.717) is 13.2 Å². The molecule has 2 aromatic carbocycles. The van der Waals surface area contributed by atoms with E-state index in [4.69, 9.17) is 9.47 Å². The Morgan fingerprint density at radius 1 is 1.10 bits per heavy atom. The van der Waals surface area contributed by atoms with E-state index < -0.39 is 0 Å². The molecule has 0 aliphatic heterocycles. The SMILES string of the molecule is CCOc1cc(CBr)cc(Br)c1OCc1ccccc1C. The molecule has 2 nitrogen and oxygen atoms in total. The van der Waals surface area contributed by atoms with Gasteiger partial charge in [-0.3, -0.25) is 0 Å². The fourth-order valence-corrected chi connectivity index (χ4v) is 2.95. The number of alkyl halides is 1. The third-order valence-electron chi connectivity index (χ3n) is 3.16. The van der Waals surface area contributed by atoms with Crippen molar-refractivity contribution in [3.8, 4) is 11.5 Å². The summed E-state index contributed by atoms with van der Waals surface area (Å²) in [6.07, 6.45) is 0. The van der Waals surface area contributed by atoms with E-state index in [2.05, 4.69) is 50.9 Å². The Morgan fingerprint density at radius 3 is 2.52 bits per heavy atom. The molecule has 0 saturated carbocycles. The lowest BCUT2D eigenvalue weighted by molar-refractivity contribution is 0.267. The van der Waals surface area contributed by atoms with Crippen LogP contribution in [0.2, 0.25) is 0 Å². The van der Waals surface area contributed by atoms with Crippen molar-refractivity contribution in [2.45, 2.75) is 25.8 Å². The second-order valence-corrected chi connectivity index (χ2v) is 6.10. The van der Waals surface area contributed by atoms with Crippen LogP contribution >= 0.6 is 31.9 Å². The molecule has 0 spiro atoms. The average molecular weight is 414 g/mol. The molecule has 0 aliphatic rings. The normalized spacial score (nSPS) is 10.5. The number of aryl methyl sites for hydroxylation is 1. The Hall–Kier alpha value is -1.00. The lowest BCUT2D eigenvalue weighted by Gasteiger charge is -2.15. The third-order valence-corrected chi connectivity index (χ3v) is 4.39. The standard InChI is InChI=1S/C17H18Br2O2/c1-3-20-16-9-13(10-18)8-15(19)17(16)21-11-14-7-5-4-6-12(14)2/h4-9H,3,10-11H2,1-2H3. The minimum atomic E-state index is 0.527. The molecule has 0 saturated heterocycles. The molecule has 0 aromatic heterocycles. The Balaban J connectivity index is 2.24. The summed E-state index contributed by atoms with van der Waals surface area (Å²) in [5.74, 6) is 1.53. The highest BCUT2D eigenvalue weighted by atomic mass is 79.9. The molecule has 0 radical (unpaired) electrons. The van der Waals surface area contributed by atoms with Crippen molar-refractivity contribution in [2.75, 3.05) is 6.61 Å². The highest BCUT2D eigenvalue weighted by molar-refractivity contribution is 9.10. The van der Waals surface area contributed by atoms with Crippen molar-refractivity contribution in [2.24, 2.45) is 0 Å². The fourth-order valence-electron chi connectivity index (χ4n) is 2.02. The van der Waals surface area contributed by atoms with Crippen molar-refractivity contribution in [1.29, 1.82) is 0 Å². The number of ether oxygens (including phenoxy) is 2. The maximum Gasteiger partial charge on any atom is 0.175 e. The number of hydrogen-bond acceptors (Lipinski definition) is 2. The van der Waals surface area contributed by atoms with Gasteiger partial charge in [0.2, 0.25) is 0 Å². The predicted octanol–water partition coefficient (Wildman–Crippen LogP) is 5.63. The molecule has 0 amide bonds. The molecule has 0 unspecified atom stereocenters. The van der Waals surface area contributed by atoms with E-state index in [0.717, 1.165) is 26.9 Å². The Morgan fingerprint density at radius 2 is 1.86 bits per heavy atom. The van der Waals surface area contributed by atoms with Crippen LogP contribution in [0, 0.1) is 6.92 Å². The highest BCUT2D eigenvalue weighted by Gasteiger charge is 2.12. The number of halogens is 2. The van der Waals surface area contributed by atoms with Crippen LogP contribution in [-0.4, -0.2) is 6.61 Å². The molecule has 0 heterocycles. The molecule has 0 bridgehead atoms. The van der Waals surface area contributed by atoms with Gasteiger partial charge in [-0.05, 0) is 58.6 Å². The van der Waals surface area contributed by atoms with E-state index in [9.17, 15) is 0 Å². The van der Waals surface area contributed by atoms with Gasteiger partial charge in [-0.15, -0.1) is 0 Å². The van der Waals surface area contributed by atoms with Crippen LogP contribution in [0.15, 0.2) is 40.9 Å². The number of benzene rings is 2. The molecular weight excluding hydrogens is 396 g/mol. The second kappa shape index (κ2) is 7.85. The molecule has 0 fully saturated rings. The minimum Gasteiger partial charge on any atom is -0.490 e. The van der Waals surface area contributed by atoms with Gasteiger partial charge in [0.05, 0.1) is 11.1 Å². The Bertz CT molecular complexity index is 612. The first kappa shape index (κ1) is 16.4. The first-order valence-corrected chi connectivity index (χ1v) is 8.75. The molecule has 112 valence electrons.